The highest BCUT2D eigenvalue weighted by Gasteiger charge is 2.32. The van der Waals surface area contributed by atoms with Crippen LogP contribution < -0.4 is 0 Å². The van der Waals surface area contributed by atoms with Crippen molar-refractivity contribution in [1.82, 2.24) is 9.88 Å². The number of para-hydroxylation sites is 1. The van der Waals surface area contributed by atoms with E-state index in [4.69, 9.17) is 0 Å². The van der Waals surface area contributed by atoms with Crippen LogP contribution in [-0.2, 0) is 11.2 Å². The normalized spacial score (nSPS) is 16.3. The minimum Gasteiger partial charge on any atom is -0.330 e. The largest absolute Gasteiger partial charge is 0.330 e. The minimum atomic E-state index is 0.0136. The van der Waals surface area contributed by atoms with Gasteiger partial charge >= 0.3 is 0 Å². The smallest absolute Gasteiger partial charge is 0.233 e. The first-order valence-electron chi connectivity index (χ1n) is 9.18. The van der Waals surface area contributed by atoms with Gasteiger partial charge < -0.3 is 4.90 Å². The number of amides is 1. The fourth-order valence-corrected chi connectivity index (χ4v) is 6.56. The van der Waals surface area contributed by atoms with Gasteiger partial charge in [0.05, 0.1) is 22.0 Å². The van der Waals surface area contributed by atoms with Crippen LogP contribution in [0.2, 0.25) is 0 Å². The number of fused-ring (bicyclic) bond motifs is 2. The Labute approximate surface area is 176 Å². The lowest BCUT2D eigenvalue weighted by molar-refractivity contribution is -0.130. The molecule has 1 aliphatic rings. The molecule has 4 aromatic rings. The van der Waals surface area contributed by atoms with E-state index < -0.39 is 0 Å². The van der Waals surface area contributed by atoms with Gasteiger partial charge in [-0.3, -0.25) is 4.79 Å². The van der Waals surface area contributed by atoms with Gasteiger partial charge in [0.1, 0.15) is 0 Å². The van der Waals surface area contributed by atoms with Crippen molar-refractivity contribution in [3.8, 4) is 0 Å². The molecule has 0 saturated carbocycles. The summed E-state index contributed by atoms with van der Waals surface area (Å²) in [5.41, 5.74) is 3.46. The summed E-state index contributed by atoms with van der Waals surface area (Å²) in [6, 6.07) is 20.7. The molecule has 0 fully saturated rings. The number of carbonyl (C=O) groups excluding carboxylic acids is 1. The zero-order valence-corrected chi connectivity index (χ0v) is 17.5. The van der Waals surface area contributed by atoms with E-state index in [2.05, 4.69) is 46.8 Å². The lowest BCUT2D eigenvalue weighted by atomic mass is 9.93. The van der Waals surface area contributed by atoms with E-state index >= 15 is 0 Å². The van der Waals surface area contributed by atoms with Gasteiger partial charge in [0, 0.05) is 11.4 Å². The van der Waals surface area contributed by atoms with Crippen molar-refractivity contribution < 1.29 is 4.79 Å². The van der Waals surface area contributed by atoms with E-state index in [0.717, 1.165) is 22.8 Å². The van der Waals surface area contributed by atoms with Gasteiger partial charge in [0.25, 0.3) is 0 Å². The van der Waals surface area contributed by atoms with Crippen LogP contribution in [-0.4, -0.2) is 28.1 Å². The summed E-state index contributed by atoms with van der Waals surface area (Å²) in [6.45, 7) is 0.770. The Morgan fingerprint density at radius 3 is 2.79 bits per heavy atom. The van der Waals surface area contributed by atoms with Gasteiger partial charge in [0.2, 0.25) is 5.91 Å². The minimum absolute atomic E-state index is 0.0136. The Morgan fingerprint density at radius 2 is 1.93 bits per heavy atom. The Bertz CT molecular complexity index is 1090. The molecule has 3 nitrogen and oxygen atoms in total. The van der Waals surface area contributed by atoms with Crippen molar-refractivity contribution in [3.05, 3.63) is 82.0 Å². The van der Waals surface area contributed by atoms with Crippen molar-refractivity contribution in [3.63, 3.8) is 0 Å². The quantitative estimate of drug-likeness (QED) is 0.400. The first kappa shape index (κ1) is 17.9. The van der Waals surface area contributed by atoms with Gasteiger partial charge in [-0.1, -0.05) is 54.2 Å². The number of benzene rings is 2. The number of carbonyl (C=O) groups is 1. The van der Waals surface area contributed by atoms with Crippen molar-refractivity contribution in [2.45, 2.75) is 16.8 Å². The van der Waals surface area contributed by atoms with E-state index in [1.165, 1.54) is 20.7 Å². The molecular weight excluding hydrogens is 404 g/mol. The van der Waals surface area contributed by atoms with E-state index in [1.807, 2.05) is 29.2 Å². The van der Waals surface area contributed by atoms with Crippen LogP contribution >= 0.6 is 34.4 Å². The van der Waals surface area contributed by atoms with E-state index in [1.54, 1.807) is 34.4 Å². The third kappa shape index (κ3) is 3.36. The second kappa shape index (κ2) is 7.70. The number of thiazole rings is 1. The fourth-order valence-electron chi connectivity index (χ4n) is 3.70. The highest BCUT2D eigenvalue weighted by molar-refractivity contribution is 8.01. The zero-order chi connectivity index (χ0) is 18.9. The number of thioether (sulfide) groups is 1. The van der Waals surface area contributed by atoms with Crippen LogP contribution in [0.25, 0.3) is 10.2 Å². The maximum Gasteiger partial charge on any atom is 0.233 e. The molecule has 0 N–H and O–H groups in total. The summed E-state index contributed by atoms with van der Waals surface area (Å²) in [6.07, 6.45) is 0.938. The molecule has 2 aromatic carbocycles. The first-order chi connectivity index (χ1) is 13.8. The number of hydrogen-bond acceptors (Lipinski definition) is 5. The Morgan fingerprint density at radius 1 is 1.11 bits per heavy atom. The standard InChI is InChI=1S/C22H18N2OS3/c25-20(14-27-22-23-17-8-4-5-9-19(17)28-22)24-12-10-18-16(11-13-26-18)21(24)15-6-2-1-3-7-15/h1-9,11,13,21H,10,12,14H2. The SMILES string of the molecule is O=C(CSc1nc2ccccc2s1)N1CCc2sccc2C1c1ccccc1. The molecular formula is C22H18N2OS3. The number of thiophene rings is 1. The van der Waals surface area contributed by atoms with E-state index in [9.17, 15) is 4.79 Å². The highest BCUT2D eigenvalue weighted by Crippen LogP contribution is 2.38. The molecule has 1 unspecified atom stereocenters. The number of hydrogen-bond donors (Lipinski definition) is 0. The van der Waals surface area contributed by atoms with Gasteiger partial charge in [0.15, 0.2) is 4.34 Å². The van der Waals surface area contributed by atoms with E-state index in [0.29, 0.717) is 5.75 Å². The summed E-state index contributed by atoms with van der Waals surface area (Å²) in [4.78, 5) is 21.3. The average molecular weight is 423 g/mol. The van der Waals surface area contributed by atoms with Gasteiger partial charge in [-0.15, -0.1) is 22.7 Å². The first-order valence-corrected chi connectivity index (χ1v) is 11.9. The topological polar surface area (TPSA) is 33.2 Å². The maximum atomic E-state index is 13.2. The molecule has 1 atom stereocenters. The molecule has 2 aromatic heterocycles. The number of rotatable bonds is 4. The zero-order valence-electron chi connectivity index (χ0n) is 15.1. The Balaban J connectivity index is 1.38. The van der Waals surface area contributed by atoms with Gasteiger partial charge in [-0.2, -0.15) is 0 Å². The third-order valence-electron chi connectivity index (χ3n) is 4.99. The summed E-state index contributed by atoms with van der Waals surface area (Å²) >= 11 is 5.00. The van der Waals surface area contributed by atoms with Crippen molar-refractivity contribution >= 4 is 50.6 Å². The van der Waals surface area contributed by atoms with Crippen molar-refractivity contribution in [2.75, 3.05) is 12.3 Å². The van der Waals surface area contributed by atoms with Crippen LogP contribution in [0.15, 0.2) is 70.4 Å². The molecule has 3 heterocycles. The fraction of sp³-hybridized carbons (Fsp3) is 0.182. The molecule has 1 aliphatic heterocycles. The lowest BCUT2D eigenvalue weighted by Gasteiger charge is -2.36. The van der Waals surface area contributed by atoms with Crippen LogP contribution in [0.5, 0.6) is 0 Å². The third-order valence-corrected chi connectivity index (χ3v) is 8.16. The second-order valence-electron chi connectivity index (χ2n) is 6.69. The predicted octanol–water partition coefficient (Wildman–Crippen LogP) is 5.62. The number of nitrogens with zero attached hydrogens (tertiary/aromatic N) is 2. The monoisotopic (exact) mass is 422 g/mol. The molecule has 140 valence electrons. The van der Waals surface area contributed by atoms with Crippen molar-refractivity contribution in [2.24, 2.45) is 0 Å². The Kier molecular flexibility index (Phi) is 4.93. The summed E-state index contributed by atoms with van der Waals surface area (Å²) in [5, 5.41) is 2.14. The molecule has 5 rings (SSSR count). The average Bonchev–Trinajstić information content (AvgIpc) is 3.38. The van der Waals surface area contributed by atoms with Crippen molar-refractivity contribution in [1.29, 1.82) is 0 Å². The van der Waals surface area contributed by atoms with E-state index in [-0.39, 0.29) is 11.9 Å². The van der Waals surface area contributed by atoms with Gasteiger partial charge in [-0.25, -0.2) is 4.98 Å². The molecule has 28 heavy (non-hydrogen) atoms. The maximum absolute atomic E-state index is 13.2. The molecule has 1 amide bonds. The molecule has 0 bridgehead atoms. The van der Waals surface area contributed by atoms with Crippen LogP contribution in [0.4, 0.5) is 0 Å². The second-order valence-corrected chi connectivity index (χ2v) is 9.94. The molecule has 6 heteroatoms. The summed E-state index contributed by atoms with van der Waals surface area (Å²) in [5.74, 6) is 0.595. The molecule has 0 spiro atoms. The molecule has 0 aliphatic carbocycles. The summed E-state index contributed by atoms with van der Waals surface area (Å²) in [7, 11) is 0. The van der Waals surface area contributed by atoms with Crippen LogP contribution in [0.3, 0.4) is 0 Å². The lowest BCUT2D eigenvalue weighted by Crippen LogP contribution is -2.41. The molecule has 0 radical (unpaired) electrons. The summed E-state index contributed by atoms with van der Waals surface area (Å²) < 4.78 is 2.12. The van der Waals surface area contributed by atoms with Crippen LogP contribution in [0.1, 0.15) is 22.0 Å². The van der Waals surface area contributed by atoms with Gasteiger partial charge in [-0.05, 0) is 41.1 Å². The predicted molar refractivity (Wildman–Crippen MR) is 118 cm³/mol. The molecule has 0 saturated heterocycles. The number of aromatic nitrogens is 1. The van der Waals surface area contributed by atoms with Crippen LogP contribution in [0, 0.1) is 0 Å². The Hall–Kier alpha value is -2.15. The highest BCUT2D eigenvalue weighted by atomic mass is 32.2.